The van der Waals surface area contributed by atoms with Crippen LogP contribution in [0.4, 0.5) is 0 Å². The van der Waals surface area contributed by atoms with Crippen LogP contribution in [-0.2, 0) is 6.61 Å². The Balaban J connectivity index is 1.41. The number of rotatable bonds is 7. The molecule has 0 saturated heterocycles. The van der Waals surface area contributed by atoms with E-state index in [2.05, 4.69) is 49.0 Å². The Kier molecular flexibility index (Phi) is 7.61. The van der Waals surface area contributed by atoms with Crippen LogP contribution in [0.5, 0.6) is 11.5 Å². The van der Waals surface area contributed by atoms with Gasteiger partial charge in [-0.2, -0.15) is 5.10 Å². The number of hydrazone groups is 1. The Labute approximate surface area is 214 Å². The Morgan fingerprint density at radius 1 is 1.00 bits per heavy atom. The normalized spacial score (nSPS) is 11.0. The molecule has 0 spiro atoms. The standard InChI is InChI=1S/C26H20BrIN2O3/c1-32-25-14-20-5-3-2-4-19(20)13-22(25)26(31)30-29-15-18-8-11-24(23(28)12-18)33-16-17-6-9-21(27)10-7-17/h2-15H,16H2,1H3,(H,30,31)/b29-15-. The molecule has 0 heterocycles. The Hall–Kier alpha value is -2.91. The lowest BCUT2D eigenvalue weighted by Gasteiger charge is -2.10. The largest absolute Gasteiger partial charge is 0.496 e. The van der Waals surface area contributed by atoms with Gasteiger partial charge in [0.05, 0.1) is 22.5 Å². The lowest BCUT2D eigenvalue weighted by Crippen LogP contribution is -2.18. The van der Waals surface area contributed by atoms with Crippen molar-refractivity contribution in [2.75, 3.05) is 7.11 Å². The summed E-state index contributed by atoms with van der Waals surface area (Å²) in [4.78, 5) is 12.7. The van der Waals surface area contributed by atoms with Gasteiger partial charge in [-0.15, -0.1) is 0 Å². The summed E-state index contributed by atoms with van der Waals surface area (Å²) in [7, 11) is 1.55. The van der Waals surface area contributed by atoms with Crippen molar-refractivity contribution >= 4 is 61.4 Å². The first-order chi connectivity index (χ1) is 16.0. The van der Waals surface area contributed by atoms with Gasteiger partial charge in [-0.05, 0) is 87.0 Å². The molecule has 0 fully saturated rings. The molecule has 0 unspecified atom stereocenters. The molecule has 0 aliphatic heterocycles. The number of amides is 1. The number of nitrogens with zero attached hydrogens (tertiary/aromatic N) is 1. The first-order valence-electron chi connectivity index (χ1n) is 10.1. The van der Waals surface area contributed by atoms with E-state index in [1.165, 1.54) is 0 Å². The quantitative estimate of drug-likeness (QED) is 0.146. The van der Waals surface area contributed by atoms with E-state index in [0.717, 1.165) is 35.7 Å². The molecule has 0 saturated carbocycles. The second kappa shape index (κ2) is 10.8. The first kappa shape index (κ1) is 23.3. The molecule has 0 aliphatic carbocycles. The van der Waals surface area contributed by atoms with Gasteiger partial charge in [0, 0.05) is 4.47 Å². The lowest BCUT2D eigenvalue weighted by molar-refractivity contribution is 0.0952. The third-order valence-electron chi connectivity index (χ3n) is 4.96. The van der Waals surface area contributed by atoms with Crippen molar-refractivity contribution in [1.82, 2.24) is 5.43 Å². The maximum absolute atomic E-state index is 12.7. The van der Waals surface area contributed by atoms with Crippen LogP contribution in [0.3, 0.4) is 0 Å². The fraction of sp³-hybridized carbons (Fsp3) is 0.0769. The molecule has 4 rings (SSSR count). The van der Waals surface area contributed by atoms with Gasteiger partial charge in [-0.25, -0.2) is 5.43 Å². The highest BCUT2D eigenvalue weighted by Crippen LogP contribution is 2.26. The molecule has 0 aromatic heterocycles. The zero-order valence-corrected chi connectivity index (χ0v) is 21.5. The average molecular weight is 615 g/mol. The van der Waals surface area contributed by atoms with Crippen molar-refractivity contribution < 1.29 is 14.3 Å². The molecule has 166 valence electrons. The summed E-state index contributed by atoms with van der Waals surface area (Å²) in [5.41, 5.74) is 4.95. The minimum atomic E-state index is -0.335. The van der Waals surface area contributed by atoms with Gasteiger partial charge in [-0.3, -0.25) is 4.79 Å². The number of hydrogen-bond acceptors (Lipinski definition) is 4. The van der Waals surface area contributed by atoms with E-state index in [-0.39, 0.29) is 5.91 Å². The van der Waals surface area contributed by atoms with Crippen LogP contribution in [0.1, 0.15) is 21.5 Å². The van der Waals surface area contributed by atoms with Crippen LogP contribution in [-0.4, -0.2) is 19.2 Å². The summed E-state index contributed by atoms with van der Waals surface area (Å²) in [6, 6.07) is 25.2. The molecular weight excluding hydrogens is 595 g/mol. The molecule has 4 aromatic carbocycles. The Morgan fingerprint density at radius 2 is 1.73 bits per heavy atom. The predicted molar refractivity (Wildman–Crippen MR) is 143 cm³/mol. The molecule has 1 N–H and O–H groups in total. The second-order valence-corrected chi connectivity index (χ2v) is 9.28. The summed E-state index contributed by atoms with van der Waals surface area (Å²) < 4.78 is 13.3. The van der Waals surface area contributed by atoms with Crippen LogP contribution in [0.15, 0.2) is 88.4 Å². The average Bonchev–Trinajstić information content (AvgIpc) is 2.83. The summed E-state index contributed by atoms with van der Waals surface area (Å²) in [6.07, 6.45) is 1.60. The molecule has 0 atom stereocenters. The van der Waals surface area contributed by atoms with Crippen LogP contribution in [0.2, 0.25) is 0 Å². The number of carbonyl (C=O) groups is 1. The van der Waals surface area contributed by atoms with Gasteiger partial charge in [-0.1, -0.05) is 52.3 Å². The number of hydrogen-bond donors (Lipinski definition) is 1. The minimum absolute atomic E-state index is 0.335. The van der Waals surface area contributed by atoms with E-state index in [1.54, 1.807) is 19.4 Å². The van der Waals surface area contributed by atoms with Crippen LogP contribution in [0.25, 0.3) is 10.8 Å². The molecular formula is C26H20BrIN2O3. The molecule has 7 heteroatoms. The van der Waals surface area contributed by atoms with Crippen molar-refractivity contribution in [2.24, 2.45) is 5.10 Å². The maximum atomic E-state index is 12.7. The maximum Gasteiger partial charge on any atom is 0.275 e. The van der Waals surface area contributed by atoms with E-state index < -0.39 is 0 Å². The molecule has 33 heavy (non-hydrogen) atoms. The van der Waals surface area contributed by atoms with Crippen molar-refractivity contribution in [2.45, 2.75) is 6.61 Å². The highest BCUT2D eigenvalue weighted by atomic mass is 127. The third-order valence-corrected chi connectivity index (χ3v) is 6.33. The summed E-state index contributed by atoms with van der Waals surface area (Å²) >= 11 is 5.66. The Morgan fingerprint density at radius 3 is 2.42 bits per heavy atom. The molecule has 4 aromatic rings. The first-order valence-corrected chi connectivity index (χ1v) is 12.0. The number of benzene rings is 4. The van der Waals surface area contributed by atoms with Gasteiger partial charge in [0.2, 0.25) is 0 Å². The number of fused-ring (bicyclic) bond motifs is 1. The van der Waals surface area contributed by atoms with E-state index >= 15 is 0 Å². The zero-order valence-electron chi connectivity index (χ0n) is 17.7. The lowest BCUT2D eigenvalue weighted by atomic mass is 10.1. The molecule has 5 nitrogen and oxygen atoms in total. The summed E-state index contributed by atoms with van der Waals surface area (Å²) in [5, 5.41) is 6.08. The van der Waals surface area contributed by atoms with E-state index in [1.807, 2.05) is 72.8 Å². The molecule has 0 radical (unpaired) electrons. The van der Waals surface area contributed by atoms with Crippen LogP contribution in [0, 0.1) is 3.57 Å². The number of halogens is 2. The van der Waals surface area contributed by atoms with Crippen molar-refractivity contribution in [3.8, 4) is 11.5 Å². The van der Waals surface area contributed by atoms with Gasteiger partial charge >= 0.3 is 0 Å². The van der Waals surface area contributed by atoms with Crippen LogP contribution >= 0.6 is 38.5 Å². The van der Waals surface area contributed by atoms with E-state index in [0.29, 0.717) is 17.9 Å². The SMILES string of the molecule is COc1cc2ccccc2cc1C(=O)N/N=C\c1ccc(OCc2ccc(Br)cc2)c(I)c1. The summed E-state index contributed by atoms with van der Waals surface area (Å²) in [6.45, 7) is 0.486. The minimum Gasteiger partial charge on any atom is -0.496 e. The third kappa shape index (κ3) is 5.91. The van der Waals surface area contributed by atoms with Crippen molar-refractivity contribution in [3.05, 3.63) is 104 Å². The van der Waals surface area contributed by atoms with Gasteiger partial charge in [0.25, 0.3) is 5.91 Å². The highest BCUT2D eigenvalue weighted by Gasteiger charge is 2.13. The van der Waals surface area contributed by atoms with Crippen molar-refractivity contribution in [1.29, 1.82) is 0 Å². The number of nitrogens with one attached hydrogen (secondary N) is 1. The van der Waals surface area contributed by atoms with Crippen LogP contribution < -0.4 is 14.9 Å². The molecule has 1 amide bonds. The van der Waals surface area contributed by atoms with Gasteiger partial charge in [0.15, 0.2) is 0 Å². The summed E-state index contributed by atoms with van der Waals surface area (Å²) in [5.74, 6) is 0.960. The fourth-order valence-corrected chi connectivity index (χ4v) is 4.21. The number of ether oxygens (including phenoxy) is 2. The fourth-order valence-electron chi connectivity index (χ4n) is 3.25. The monoisotopic (exact) mass is 614 g/mol. The van der Waals surface area contributed by atoms with Crippen molar-refractivity contribution in [3.63, 3.8) is 0 Å². The highest BCUT2D eigenvalue weighted by molar-refractivity contribution is 14.1. The molecule has 0 bridgehead atoms. The van der Waals surface area contributed by atoms with Gasteiger partial charge in [0.1, 0.15) is 18.1 Å². The van der Waals surface area contributed by atoms with E-state index in [4.69, 9.17) is 9.47 Å². The predicted octanol–water partition coefficient (Wildman–Crippen LogP) is 6.56. The topological polar surface area (TPSA) is 59.9 Å². The number of methoxy groups -OCH3 is 1. The van der Waals surface area contributed by atoms with Gasteiger partial charge < -0.3 is 9.47 Å². The molecule has 0 aliphatic rings. The Bertz CT molecular complexity index is 1320. The zero-order chi connectivity index (χ0) is 23.2. The van der Waals surface area contributed by atoms with E-state index in [9.17, 15) is 4.79 Å². The number of carbonyl (C=O) groups excluding carboxylic acids is 1. The second-order valence-electron chi connectivity index (χ2n) is 7.20. The smallest absolute Gasteiger partial charge is 0.275 e.